The Kier molecular flexibility index (Phi) is 7.09. The molecule has 4 saturated carbocycles. The smallest absolute Gasteiger partial charge is 0.227 e. The Labute approximate surface area is 254 Å². The lowest BCUT2D eigenvalue weighted by atomic mass is 9.33. The van der Waals surface area contributed by atoms with Gasteiger partial charge in [0.25, 0.3) is 0 Å². The fourth-order valence-electron chi connectivity index (χ4n) is 11.9. The Morgan fingerprint density at radius 3 is 2.36 bits per heavy atom. The number of benzene rings is 1. The topological polar surface area (TPSA) is 73.1 Å². The van der Waals surface area contributed by atoms with Crippen molar-refractivity contribution < 1.29 is 9.90 Å². The molecule has 0 bridgehead atoms. The Morgan fingerprint density at radius 1 is 0.952 bits per heavy atom. The minimum absolute atomic E-state index is 0.0404. The number of carbonyl (C=O) groups is 1. The van der Waals surface area contributed by atoms with Gasteiger partial charge in [0.05, 0.1) is 23.2 Å². The number of nitrogens with zero attached hydrogens (tertiary/aromatic N) is 1. The molecule has 1 amide bonds. The predicted octanol–water partition coefficient (Wildman–Crippen LogP) is 8.19. The Balaban J connectivity index is 1.35. The van der Waals surface area contributed by atoms with Gasteiger partial charge in [0, 0.05) is 6.54 Å². The van der Waals surface area contributed by atoms with Gasteiger partial charge in [0.2, 0.25) is 5.91 Å². The van der Waals surface area contributed by atoms with Gasteiger partial charge in [-0.05, 0) is 127 Å². The molecular formula is C38H54N2O2. The van der Waals surface area contributed by atoms with E-state index in [1.807, 2.05) is 24.3 Å². The van der Waals surface area contributed by atoms with Crippen LogP contribution < -0.4 is 5.32 Å². The summed E-state index contributed by atoms with van der Waals surface area (Å²) in [5, 5.41) is 23.6. The Hall–Kier alpha value is -2.12. The number of hydrogen-bond acceptors (Lipinski definition) is 3. The highest BCUT2D eigenvalue weighted by atomic mass is 16.3. The largest absolute Gasteiger partial charge is 0.393 e. The first-order valence-corrected chi connectivity index (χ1v) is 16.9. The second kappa shape index (κ2) is 9.95. The minimum atomic E-state index is -0.342. The number of fused-ring (bicyclic) bond motifs is 7. The van der Waals surface area contributed by atoms with E-state index < -0.39 is 0 Å². The van der Waals surface area contributed by atoms with E-state index in [0.717, 1.165) is 50.5 Å². The molecule has 0 saturated heterocycles. The second-order valence-electron chi connectivity index (χ2n) is 16.7. The van der Waals surface area contributed by atoms with Crippen LogP contribution in [-0.2, 0) is 11.3 Å². The maximum absolute atomic E-state index is 14.4. The lowest BCUT2D eigenvalue weighted by Gasteiger charge is -2.71. The first-order valence-electron chi connectivity index (χ1n) is 16.9. The lowest BCUT2D eigenvalue weighted by molar-refractivity contribution is -0.204. The standard InChI is InChI=1S/C38H54N2O2/c1-24-14-19-38(33(42)40-23-27-10-8-26(22-39)9-11-27)21-20-36(6)28(32(38)25(24)2)12-13-30-35(5)17-16-31(41)34(3,4)29(35)15-18-37(30,36)7/h8-12,24-25,29-32,41H,13-21,23H2,1-7H3,(H,40,42)/t24-,25+,29+,30-,31+,32?,35+,36-,37-,38+/m1/s1. The highest BCUT2D eigenvalue weighted by Crippen LogP contribution is 2.75. The molecular weight excluding hydrogens is 516 g/mol. The summed E-state index contributed by atoms with van der Waals surface area (Å²) < 4.78 is 0. The molecule has 0 aliphatic heterocycles. The van der Waals surface area contributed by atoms with E-state index in [9.17, 15) is 9.90 Å². The number of hydrogen-bond donors (Lipinski definition) is 2. The third kappa shape index (κ3) is 3.97. The number of aliphatic hydroxyl groups is 1. The molecule has 0 aromatic heterocycles. The summed E-state index contributed by atoms with van der Waals surface area (Å²) in [6, 6.07) is 9.79. The van der Waals surface area contributed by atoms with Gasteiger partial charge in [-0.15, -0.1) is 0 Å². The minimum Gasteiger partial charge on any atom is -0.393 e. The molecule has 0 heterocycles. The van der Waals surface area contributed by atoms with Crippen molar-refractivity contribution in [2.75, 3.05) is 0 Å². The molecule has 5 aliphatic rings. The first kappa shape index (κ1) is 29.9. The van der Waals surface area contributed by atoms with Gasteiger partial charge in [-0.1, -0.05) is 72.2 Å². The zero-order valence-electron chi connectivity index (χ0n) is 27.2. The summed E-state index contributed by atoms with van der Waals surface area (Å²) in [4.78, 5) is 14.4. The van der Waals surface area contributed by atoms with Crippen LogP contribution >= 0.6 is 0 Å². The maximum atomic E-state index is 14.4. The fourth-order valence-corrected chi connectivity index (χ4v) is 11.9. The van der Waals surface area contributed by atoms with Crippen LogP contribution in [0.5, 0.6) is 0 Å². The third-order valence-electron chi connectivity index (χ3n) is 15.0. The molecule has 6 rings (SSSR count). The van der Waals surface area contributed by atoms with Gasteiger partial charge < -0.3 is 10.4 Å². The van der Waals surface area contributed by atoms with Gasteiger partial charge in [-0.25, -0.2) is 0 Å². The van der Waals surface area contributed by atoms with E-state index in [1.54, 1.807) is 5.57 Å². The number of carbonyl (C=O) groups excluding carboxylic acids is 1. The van der Waals surface area contributed by atoms with Crippen LogP contribution in [0.25, 0.3) is 0 Å². The van der Waals surface area contributed by atoms with Crippen molar-refractivity contribution in [3.63, 3.8) is 0 Å². The normalized spacial score (nSPS) is 45.6. The van der Waals surface area contributed by atoms with Gasteiger partial charge in [0.15, 0.2) is 0 Å². The molecule has 0 spiro atoms. The second-order valence-corrected chi connectivity index (χ2v) is 16.7. The molecule has 0 radical (unpaired) electrons. The SMILES string of the molecule is C[C@@H]1CC[C@]2(C(=O)NCc3ccc(C#N)cc3)CC[C@]3(C)C(=CC[C@@H]4[C@@]5(C)CC[C@H](O)C(C)(C)[C@@H]5CC[C@]43C)C2[C@H]1C. The molecule has 10 atom stereocenters. The molecule has 1 aromatic carbocycles. The molecule has 1 aromatic rings. The number of nitrogens with one attached hydrogen (secondary N) is 1. The van der Waals surface area contributed by atoms with Crippen molar-refractivity contribution >= 4 is 5.91 Å². The molecule has 4 heteroatoms. The quantitative estimate of drug-likeness (QED) is 0.360. The summed E-state index contributed by atoms with van der Waals surface area (Å²) in [6.07, 6.45) is 12.2. The molecule has 5 aliphatic carbocycles. The number of rotatable bonds is 3. The van der Waals surface area contributed by atoms with Crippen molar-refractivity contribution in [2.24, 2.45) is 56.7 Å². The van der Waals surface area contributed by atoms with E-state index in [-0.39, 0.29) is 45.0 Å². The highest BCUT2D eigenvalue weighted by molar-refractivity contribution is 5.84. The molecule has 228 valence electrons. The Bertz CT molecular complexity index is 1310. The Morgan fingerprint density at radius 2 is 1.67 bits per heavy atom. The zero-order valence-corrected chi connectivity index (χ0v) is 27.2. The average molecular weight is 571 g/mol. The summed E-state index contributed by atoms with van der Waals surface area (Å²) in [5.41, 5.74) is 3.45. The molecule has 1 unspecified atom stereocenters. The van der Waals surface area contributed by atoms with E-state index in [4.69, 9.17) is 5.26 Å². The predicted molar refractivity (Wildman–Crippen MR) is 168 cm³/mol. The number of amides is 1. The van der Waals surface area contributed by atoms with Gasteiger partial charge in [-0.2, -0.15) is 5.26 Å². The van der Waals surface area contributed by atoms with E-state index in [1.165, 1.54) is 12.8 Å². The number of allylic oxidation sites excluding steroid dienone is 2. The van der Waals surface area contributed by atoms with Crippen LogP contribution in [0.4, 0.5) is 0 Å². The number of aliphatic hydroxyl groups excluding tert-OH is 1. The van der Waals surface area contributed by atoms with Crippen molar-refractivity contribution in [3.8, 4) is 6.07 Å². The maximum Gasteiger partial charge on any atom is 0.227 e. The van der Waals surface area contributed by atoms with Crippen LogP contribution in [0.2, 0.25) is 0 Å². The third-order valence-corrected chi connectivity index (χ3v) is 15.0. The van der Waals surface area contributed by atoms with Crippen LogP contribution in [0.3, 0.4) is 0 Å². The fraction of sp³-hybridized carbons (Fsp3) is 0.737. The van der Waals surface area contributed by atoms with Crippen molar-refractivity contribution in [2.45, 2.75) is 119 Å². The summed E-state index contributed by atoms with van der Waals surface area (Å²) in [7, 11) is 0. The van der Waals surface area contributed by atoms with Gasteiger partial charge in [-0.3, -0.25) is 4.79 Å². The van der Waals surface area contributed by atoms with E-state index in [0.29, 0.717) is 35.8 Å². The summed E-state index contributed by atoms with van der Waals surface area (Å²) in [6.45, 7) is 17.8. The van der Waals surface area contributed by atoms with Crippen LogP contribution in [0.15, 0.2) is 35.9 Å². The zero-order chi connectivity index (χ0) is 30.3. The molecule has 2 N–H and O–H groups in total. The molecule has 4 fully saturated rings. The van der Waals surface area contributed by atoms with Crippen molar-refractivity contribution in [1.82, 2.24) is 5.32 Å². The van der Waals surface area contributed by atoms with Crippen molar-refractivity contribution in [1.29, 1.82) is 5.26 Å². The lowest BCUT2D eigenvalue weighted by Crippen LogP contribution is -2.66. The number of nitriles is 1. The monoisotopic (exact) mass is 570 g/mol. The van der Waals surface area contributed by atoms with E-state index in [2.05, 4.69) is 65.9 Å². The van der Waals surface area contributed by atoms with Crippen molar-refractivity contribution in [3.05, 3.63) is 47.0 Å². The highest BCUT2D eigenvalue weighted by Gasteiger charge is 2.69. The van der Waals surface area contributed by atoms with Crippen LogP contribution in [0, 0.1) is 68.0 Å². The van der Waals surface area contributed by atoms with Crippen LogP contribution in [0.1, 0.15) is 117 Å². The summed E-state index contributed by atoms with van der Waals surface area (Å²) in [5.74, 6) is 2.77. The average Bonchev–Trinajstić information content (AvgIpc) is 2.96. The van der Waals surface area contributed by atoms with E-state index >= 15 is 0 Å². The molecule has 4 nitrogen and oxygen atoms in total. The summed E-state index contributed by atoms with van der Waals surface area (Å²) >= 11 is 0. The van der Waals surface area contributed by atoms with Crippen LogP contribution in [-0.4, -0.2) is 17.1 Å². The molecule has 42 heavy (non-hydrogen) atoms. The van der Waals surface area contributed by atoms with Gasteiger partial charge >= 0.3 is 0 Å². The first-order chi connectivity index (χ1) is 19.7. The van der Waals surface area contributed by atoms with Gasteiger partial charge in [0.1, 0.15) is 0 Å².